The van der Waals surface area contributed by atoms with Crippen molar-refractivity contribution in [1.82, 2.24) is 9.62 Å². The van der Waals surface area contributed by atoms with Crippen LogP contribution in [-0.2, 0) is 14.8 Å². The minimum atomic E-state index is -3.70. The summed E-state index contributed by atoms with van der Waals surface area (Å²) in [5, 5.41) is 9.67. The zero-order valence-electron chi connectivity index (χ0n) is 14.4. The molecule has 0 aromatic heterocycles. The van der Waals surface area contributed by atoms with E-state index in [1.165, 1.54) is 6.07 Å². The molecule has 0 unspecified atom stereocenters. The number of aromatic hydroxyl groups is 1. The maximum Gasteiger partial charge on any atom is 0.241 e. The molecule has 1 amide bonds. The van der Waals surface area contributed by atoms with Crippen molar-refractivity contribution in [2.24, 2.45) is 0 Å². The van der Waals surface area contributed by atoms with Gasteiger partial charge in [-0.05, 0) is 36.6 Å². The van der Waals surface area contributed by atoms with Crippen LogP contribution in [0.1, 0.15) is 19.3 Å². The lowest BCUT2D eigenvalue weighted by molar-refractivity contribution is -0.127. The number of carbonyl (C=O) groups excluding carboxylic acids is 1. The molecule has 0 radical (unpaired) electrons. The third-order valence-corrected chi connectivity index (χ3v) is 5.92. The second-order valence-corrected chi connectivity index (χ2v) is 8.02. The van der Waals surface area contributed by atoms with Crippen LogP contribution < -0.4 is 4.72 Å². The summed E-state index contributed by atoms with van der Waals surface area (Å²) >= 11 is 0. The number of phenols is 1. The third-order valence-electron chi connectivity index (χ3n) is 4.40. The van der Waals surface area contributed by atoms with Gasteiger partial charge in [0.1, 0.15) is 5.75 Å². The van der Waals surface area contributed by atoms with Gasteiger partial charge in [0.05, 0.1) is 4.90 Å². The Morgan fingerprint density at radius 2 is 1.92 bits per heavy atom. The van der Waals surface area contributed by atoms with Gasteiger partial charge in [-0.2, -0.15) is 0 Å². The largest absolute Gasteiger partial charge is 0.508 e. The number of carbonyl (C=O) groups is 1. The maximum atomic E-state index is 12.7. The molecule has 138 valence electrons. The van der Waals surface area contributed by atoms with E-state index in [0.29, 0.717) is 30.5 Å². The first-order valence-electron chi connectivity index (χ1n) is 8.63. The summed E-state index contributed by atoms with van der Waals surface area (Å²) in [6.45, 7) is 1.59. The maximum absolute atomic E-state index is 12.7. The van der Waals surface area contributed by atoms with Crippen LogP contribution in [0.2, 0.25) is 0 Å². The summed E-state index contributed by atoms with van der Waals surface area (Å²) in [6, 6.07) is 13.2. The van der Waals surface area contributed by atoms with E-state index in [4.69, 9.17) is 0 Å². The number of hydrogen-bond donors (Lipinski definition) is 2. The Morgan fingerprint density at radius 3 is 2.65 bits per heavy atom. The Labute approximate surface area is 153 Å². The molecule has 0 spiro atoms. The smallest absolute Gasteiger partial charge is 0.241 e. The lowest BCUT2D eigenvalue weighted by atomic mass is 10.1. The number of nitrogens with zero attached hydrogens (tertiary/aromatic N) is 1. The van der Waals surface area contributed by atoms with E-state index in [-0.39, 0.29) is 23.1 Å². The fourth-order valence-electron chi connectivity index (χ4n) is 3.11. The van der Waals surface area contributed by atoms with Crippen LogP contribution in [0.3, 0.4) is 0 Å². The van der Waals surface area contributed by atoms with E-state index < -0.39 is 10.0 Å². The van der Waals surface area contributed by atoms with Gasteiger partial charge in [0, 0.05) is 31.6 Å². The number of likely N-dealkylation sites (tertiary alicyclic amines) is 1. The van der Waals surface area contributed by atoms with Crippen molar-refractivity contribution in [3.8, 4) is 16.9 Å². The zero-order valence-corrected chi connectivity index (χ0v) is 15.2. The van der Waals surface area contributed by atoms with Gasteiger partial charge in [-0.15, -0.1) is 0 Å². The molecule has 0 aliphatic carbocycles. The summed E-state index contributed by atoms with van der Waals surface area (Å²) in [4.78, 5) is 13.5. The minimum absolute atomic E-state index is 0.0814. The molecule has 2 aromatic rings. The lowest BCUT2D eigenvalue weighted by Gasteiger charge is -2.16. The highest BCUT2D eigenvalue weighted by molar-refractivity contribution is 7.89. The molecule has 1 aliphatic rings. The van der Waals surface area contributed by atoms with E-state index in [1.54, 1.807) is 47.4 Å². The van der Waals surface area contributed by atoms with Crippen LogP contribution in [0.25, 0.3) is 11.1 Å². The molecule has 1 fully saturated rings. The Kier molecular flexibility index (Phi) is 5.58. The number of amides is 1. The molecule has 26 heavy (non-hydrogen) atoms. The van der Waals surface area contributed by atoms with Crippen LogP contribution in [0.4, 0.5) is 0 Å². The standard InChI is InChI=1S/C19H22N2O4S/c22-16-7-3-6-15(14-16)17-8-1-2-9-18(17)26(24,25)20-11-5-13-21-12-4-10-19(21)23/h1-3,6-9,14,20,22H,4-5,10-13H2. The topological polar surface area (TPSA) is 86.7 Å². The Balaban J connectivity index is 1.70. The van der Waals surface area contributed by atoms with Gasteiger partial charge in [-0.3, -0.25) is 4.79 Å². The van der Waals surface area contributed by atoms with E-state index in [9.17, 15) is 18.3 Å². The number of sulfonamides is 1. The molecule has 3 rings (SSSR count). The fourth-order valence-corrected chi connectivity index (χ4v) is 4.41. The molecule has 7 heteroatoms. The second-order valence-electron chi connectivity index (χ2n) is 6.28. The predicted octanol–water partition coefficient (Wildman–Crippen LogP) is 2.35. The van der Waals surface area contributed by atoms with Gasteiger partial charge >= 0.3 is 0 Å². The van der Waals surface area contributed by atoms with Crippen molar-refractivity contribution in [2.45, 2.75) is 24.2 Å². The first-order valence-corrected chi connectivity index (χ1v) is 10.1. The van der Waals surface area contributed by atoms with Crippen molar-refractivity contribution in [2.75, 3.05) is 19.6 Å². The van der Waals surface area contributed by atoms with Gasteiger partial charge < -0.3 is 10.0 Å². The number of benzene rings is 2. The molecule has 0 atom stereocenters. The fraction of sp³-hybridized carbons (Fsp3) is 0.316. The zero-order chi connectivity index (χ0) is 18.6. The third kappa shape index (κ3) is 4.23. The summed E-state index contributed by atoms with van der Waals surface area (Å²) in [5.41, 5.74) is 1.17. The molecule has 1 aliphatic heterocycles. The molecule has 0 bridgehead atoms. The molecular formula is C19H22N2O4S. The van der Waals surface area contributed by atoms with Gasteiger partial charge in [-0.1, -0.05) is 30.3 Å². The first kappa shape index (κ1) is 18.4. The number of hydrogen-bond acceptors (Lipinski definition) is 4. The molecule has 2 N–H and O–H groups in total. The Morgan fingerprint density at radius 1 is 1.12 bits per heavy atom. The van der Waals surface area contributed by atoms with Gasteiger partial charge in [0.25, 0.3) is 0 Å². The van der Waals surface area contributed by atoms with E-state index >= 15 is 0 Å². The highest BCUT2D eigenvalue weighted by atomic mass is 32.2. The normalized spacial score (nSPS) is 14.8. The molecule has 1 saturated heterocycles. The first-order chi connectivity index (χ1) is 12.5. The van der Waals surface area contributed by atoms with Crippen molar-refractivity contribution in [3.05, 3.63) is 48.5 Å². The van der Waals surface area contributed by atoms with Crippen LogP contribution in [0.15, 0.2) is 53.4 Å². The van der Waals surface area contributed by atoms with Crippen LogP contribution in [0.5, 0.6) is 5.75 Å². The highest BCUT2D eigenvalue weighted by Crippen LogP contribution is 2.29. The molecular weight excluding hydrogens is 352 g/mol. The molecule has 0 saturated carbocycles. The summed E-state index contributed by atoms with van der Waals surface area (Å²) in [7, 11) is -3.70. The van der Waals surface area contributed by atoms with E-state index in [2.05, 4.69) is 4.72 Å². The summed E-state index contributed by atoms with van der Waals surface area (Å²) in [5.74, 6) is 0.222. The van der Waals surface area contributed by atoms with Crippen molar-refractivity contribution in [3.63, 3.8) is 0 Å². The summed E-state index contributed by atoms with van der Waals surface area (Å²) < 4.78 is 28.0. The summed E-state index contributed by atoms with van der Waals surface area (Å²) in [6.07, 6.45) is 2.03. The predicted molar refractivity (Wildman–Crippen MR) is 99.2 cm³/mol. The number of phenolic OH excluding ortho intramolecular Hbond substituents is 1. The average Bonchev–Trinajstić information content (AvgIpc) is 3.04. The number of rotatable bonds is 7. The van der Waals surface area contributed by atoms with E-state index in [0.717, 1.165) is 13.0 Å². The Hall–Kier alpha value is -2.38. The Bertz CT molecular complexity index is 896. The monoisotopic (exact) mass is 374 g/mol. The van der Waals surface area contributed by atoms with Gasteiger partial charge in [0.15, 0.2) is 0 Å². The molecule has 6 nitrogen and oxygen atoms in total. The SMILES string of the molecule is O=C1CCCN1CCCNS(=O)(=O)c1ccccc1-c1cccc(O)c1. The van der Waals surface area contributed by atoms with Crippen molar-refractivity contribution >= 4 is 15.9 Å². The average molecular weight is 374 g/mol. The number of nitrogens with one attached hydrogen (secondary N) is 1. The molecule has 2 aromatic carbocycles. The van der Waals surface area contributed by atoms with E-state index in [1.807, 2.05) is 0 Å². The lowest BCUT2D eigenvalue weighted by Crippen LogP contribution is -2.30. The van der Waals surface area contributed by atoms with Gasteiger partial charge in [0.2, 0.25) is 15.9 Å². The highest BCUT2D eigenvalue weighted by Gasteiger charge is 2.21. The van der Waals surface area contributed by atoms with Crippen molar-refractivity contribution in [1.29, 1.82) is 0 Å². The molecule has 1 heterocycles. The second kappa shape index (κ2) is 7.88. The van der Waals surface area contributed by atoms with Crippen LogP contribution in [0, 0.1) is 0 Å². The minimum Gasteiger partial charge on any atom is -0.508 e. The van der Waals surface area contributed by atoms with Crippen molar-refractivity contribution < 1.29 is 18.3 Å². The van der Waals surface area contributed by atoms with Gasteiger partial charge in [-0.25, -0.2) is 13.1 Å². The van der Waals surface area contributed by atoms with Crippen LogP contribution in [-0.4, -0.2) is 44.0 Å². The quantitative estimate of drug-likeness (QED) is 0.729. The van der Waals surface area contributed by atoms with Crippen LogP contribution >= 0.6 is 0 Å².